The summed E-state index contributed by atoms with van der Waals surface area (Å²) in [5, 5.41) is 0.761. The van der Waals surface area contributed by atoms with E-state index in [1.807, 2.05) is 54.6 Å². The van der Waals surface area contributed by atoms with E-state index in [4.69, 9.17) is 26.1 Å². The normalized spacial score (nSPS) is 11.0. The molecule has 0 saturated carbocycles. The SMILES string of the molecule is COc1ccc(Cc2nc3ccccc3n2Cc2ccccc2Cl)cc1OC. The lowest BCUT2D eigenvalue weighted by Gasteiger charge is -2.12. The van der Waals surface area contributed by atoms with E-state index in [-0.39, 0.29) is 0 Å². The molecule has 1 aromatic heterocycles. The first-order chi connectivity index (χ1) is 13.7. The summed E-state index contributed by atoms with van der Waals surface area (Å²) < 4.78 is 13.0. The number of benzene rings is 3. The molecule has 0 aliphatic heterocycles. The highest BCUT2D eigenvalue weighted by molar-refractivity contribution is 6.31. The van der Waals surface area contributed by atoms with Crippen LogP contribution in [0.15, 0.2) is 66.7 Å². The van der Waals surface area contributed by atoms with E-state index >= 15 is 0 Å². The fourth-order valence-corrected chi connectivity index (χ4v) is 3.60. The van der Waals surface area contributed by atoms with E-state index in [1.54, 1.807) is 14.2 Å². The number of ether oxygens (including phenoxy) is 2. The largest absolute Gasteiger partial charge is 0.493 e. The van der Waals surface area contributed by atoms with Gasteiger partial charge < -0.3 is 14.0 Å². The van der Waals surface area contributed by atoms with E-state index in [2.05, 4.69) is 16.7 Å². The van der Waals surface area contributed by atoms with Gasteiger partial charge in [-0.3, -0.25) is 0 Å². The van der Waals surface area contributed by atoms with E-state index in [1.165, 1.54) is 0 Å². The molecule has 0 aliphatic rings. The fourth-order valence-electron chi connectivity index (χ4n) is 3.41. The predicted octanol–water partition coefficient (Wildman–Crippen LogP) is 5.35. The summed E-state index contributed by atoms with van der Waals surface area (Å²) in [7, 11) is 3.29. The smallest absolute Gasteiger partial charge is 0.161 e. The van der Waals surface area contributed by atoms with Gasteiger partial charge in [-0.25, -0.2) is 4.98 Å². The molecule has 0 N–H and O–H groups in total. The van der Waals surface area contributed by atoms with Crippen LogP contribution in [0.2, 0.25) is 5.02 Å². The van der Waals surface area contributed by atoms with Crippen LogP contribution in [0.3, 0.4) is 0 Å². The summed E-state index contributed by atoms with van der Waals surface area (Å²) in [4.78, 5) is 4.88. The summed E-state index contributed by atoms with van der Waals surface area (Å²) in [6.45, 7) is 0.669. The van der Waals surface area contributed by atoms with Gasteiger partial charge in [-0.1, -0.05) is 48.0 Å². The van der Waals surface area contributed by atoms with Crippen molar-refractivity contribution < 1.29 is 9.47 Å². The Labute approximate surface area is 169 Å². The number of rotatable bonds is 6. The third-order valence-corrected chi connectivity index (χ3v) is 5.20. The zero-order chi connectivity index (χ0) is 19.5. The van der Waals surface area contributed by atoms with Crippen LogP contribution >= 0.6 is 11.6 Å². The number of fused-ring (bicyclic) bond motifs is 1. The third kappa shape index (κ3) is 3.56. The van der Waals surface area contributed by atoms with Crippen molar-refractivity contribution in [2.75, 3.05) is 14.2 Å². The van der Waals surface area contributed by atoms with E-state index < -0.39 is 0 Å². The van der Waals surface area contributed by atoms with Crippen LogP contribution in [0.5, 0.6) is 11.5 Å². The number of imidazole rings is 1. The second kappa shape index (κ2) is 7.95. The molecule has 0 radical (unpaired) electrons. The minimum absolute atomic E-state index is 0.669. The minimum Gasteiger partial charge on any atom is -0.493 e. The van der Waals surface area contributed by atoms with Gasteiger partial charge in [0.05, 0.1) is 31.8 Å². The Balaban J connectivity index is 1.76. The highest BCUT2D eigenvalue weighted by Gasteiger charge is 2.14. The van der Waals surface area contributed by atoms with Crippen molar-refractivity contribution in [2.45, 2.75) is 13.0 Å². The van der Waals surface area contributed by atoms with Gasteiger partial charge >= 0.3 is 0 Å². The molecule has 4 rings (SSSR count). The number of halogens is 1. The maximum Gasteiger partial charge on any atom is 0.161 e. The molecular formula is C23H21ClN2O2. The molecule has 4 nitrogen and oxygen atoms in total. The number of para-hydroxylation sites is 2. The molecule has 0 aliphatic carbocycles. The summed E-state index contributed by atoms with van der Waals surface area (Å²) in [5.74, 6) is 2.41. The molecule has 1 heterocycles. The summed E-state index contributed by atoms with van der Waals surface area (Å²) in [5.41, 5.74) is 4.25. The first-order valence-corrected chi connectivity index (χ1v) is 9.46. The van der Waals surface area contributed by atoms with Gasteiger partial charge in [0.1, 0.15) is 5.82 Å². The highest BCUT2D eigenvalue weighted by atomic mass is 35.5. The van der Waals surface area contributed by atoms with Gasteiger partial charge in [0.15, 0.2) is 11.5 Å². The standard InChI is InChI=1S/C23H21ClN2O2/c1-27-21-12-11-16(13-22(21)28-2)14-23-25-19-9-5-6-10-20(19)26(23)15-17-7-3-4-8-18(17)24/h3-13H,14-15H2,1-2H3. The van der Waals surface area contributed by atoms with Gasteiger partial charge in [-0.2, -0.15) is 0 Å². The van der Waals surface area contributed by atoms with Crippen molar-refractivity contribution in [1.29, 1.82) is 0 Å². The van der Waals surface area contributed by atoms with Crippen LogP contribution in [0.4, 0.5) is 0 Å². The fraction of sp³-hybridized carbons (Fsp3) is 0.174. The van der Waals surface area contributed by atoms with E-state index in [0.717, 1.165) is 38.8 Å². The summed E-state index contributed by atoms with van der Waals surface area (Å²) >= 11 is 6.41. The van der Waals surface area contributed by atoms with Crippen molar-refractivity contribution in [1.82, 2.24) is 9.55 Å². The lowest BCUT2D eigenvalue weighted by molar-refractivity contribution is 0.354. The van der Waals surface area contributed by atoms with Gasteiger partial charge in [-0.15, -0.1) is 0 Å². The zero-order valence-electron chi connectivity index (χ0n) is 15.9. The Bertz CT molecular complexity index is 1120. The zero-order valence-corrected chi connectivity index (χ0v) is 16.6. The minimum atomic E-state index is 0.669. The Hall–Kier alpha value is -2.98. The van der Waals surface area contributed by atoms with Crippen molar-refractivity contribution >= 4 is 22.6 Å². The molecule has 0 spiro atoms. The lowest BCUT2D eigenvalue weighted by Crippen LogP contribution is -2.06. The van der Waals surface area contributed by atoms with Gasteiger partial charge in [0, 0.05) is 11.4 Å². The van der Waals surface area contributed by atoms with Crippen molar-refractivity contribution in [3.8, 4) is 11.5 Å². The monoisotopic (exact) mass is 392 g/mol. The molecule has 0 bridgehead atoms. The van der Waals surface area contributed by atoms with Crippen molar-refractivity contribution in [2.24, 2.45) is 0 Å². The second-order valence-electron chi connectivity index (χ2n) is 6.56. The van der Waals surface area contributed by atoms with Crippen LogP contribution in [0.25, 0.3) is 11.0 Å². The summed E-state index contributed by atoms with van der Waals surface area (Å²) in [6, 6.07) is 22.1. The van der Waals surface area contributed by atoms with Gasteiger partial charge in [0.25, 0.3) is 0 Å². The molecule has 0 fully saturated rings. The molecular weight excluding hydrogens is 372 g/mol. The van der Waals surface area contributed by atoms with Crippen LogP contribution < -0.4 is 9.47 Å². The van der Waals surface area contributed by atoms with Crippen LogP contribution in [0, 0.1) is 0 Å². The average Bonchev–Trinajstić information content (AvgIpc) is 3.06. The molecule has 28 heavy (non-hydrogen) atoms. The topological polar surface area (TPSA) is 36.3 Å². The second-order valence-corrected chi connectivity index (χ2v) is 6.97. The predicted molar refractivity (Wildman–Crippen MR) is 113 cm³/mol. The first kappa shape index (κ1) is 18.4. The third-order valence-electron chi connectivity index (χ3n) is 4.83. The molecule has 0 saturated heterocycles. The highest BCUT2D eigenvalue weighted by Crippen LogP contribution is 2.29. The first-order valence-electron chi connectivity index (χ1n) is 9.08. The van der Waals surface area contributed by atoms with Crippen LogP contribution in [-0.2, 0) is 13.0 Å². The quantitative estimate of drug-likeness (QED) is 0.444. The molecule has 4 aromatic rings. The maximum atomic E-state index is 6.41. The molecule has 5 heteroatoms. The van der Waals surface area contributed by atoms with Gasteiger partial charge in [0.2, 0.25) is 0 Å². The van der Waals surface area contributed by atoms with Crippen molar-refractivity contribution in [3.05, 3.63) is 88.7 Å². The molecule has 142 valence electrons. The maximum absolute atomic E-state index is 6.41. The Morgan fingerprint density at radius 1 is 0.893 bits per heavy atom. The van der Waals surface area contributed by atoms with Crippen molar-refractivity contribution in [3.63, 3.8) is 0 Å². The number of methoxy groups -OCH3 is 2. The number of hydrogen-bond donors (Lipinski definition) is 0. The average molecular weight is 393 g/mol. The van der Waals surface area contributed by atoms with Crippen LogP contribution in [-0.4, -0.2) is 23.8 Å². The van der Waals surface area contributed by atoms with E-state index in [0.29, 0.717) is 18.7 Å². The number of aromatic nitrogens is 2. The Kier molecular flexibility index (Phi) is 5.22. The summed E-state index contributed by atoms with van der Waals surface area (Å²) in [6.07, 6.45) is 0.680. The molecule has 0 unspecified atom stereocenters. The number of nitrogens with zero attached hydrogens (tertiary/aromatic N) is 2. The molecule has 0 atom stereocenters. The molecule has 3 aromatic carbocycles. The molecule has 0 amide bonds. The van der Waals surface area contributed by atoms with E-state index in [9.17, 15) is 0 Å². The van der Waals surface area contributed by atoms with Gasteiger partial charge in [-0.05, 0) is 41.5 Å². The lowest BCUT2D eigenvalue weighted by atomic mass is 10.1. The Morgan fingerprint density at radius 2 is 1.64 bits per heavy atom. The number of hydrogen-bond acceptors (Lipinski definition) is 3. The Morgan fingerprint density at radius 3 is 2.43 bits per heavy atom. The van der Waals surface area contributed by atoms with Crippen LogP contribution in [0.1, 0.15) is 17.0 Å².